The van der Waals surface area contributed by atoms with E-state index < -0.39 is 5.97 Å². The summed E-state index contributed by atoms with van der Waals surface area (Å²) in [6.07, 6.45) is 4.29. The van der Waals surface area contributed by atoms with Gasteiger partial charge in [-0.25, -0.2) is 0 Å². The maximum atomic E-state index is 11.7. The van der Waals surface area contributed by atoms with E-state index in [0.717, 1.165) is 25.7 Å². The Bertz CT molecular complexity index is 548. The molecule has 120 valence electrons. The number of hydrogen-bond acceptors (Lipinski definition) is 4. The third-order valence-electron chi connectivity index (χ3n) is 3.32. The number of carbonyl (C=O) groups is 2. The first-order valence-electron chi connectivity index (χ1n) is 7.07. The molecule has 1 aromatic carbocycles. The second-order valence-electron chi connectivity index (χ2n) is 5.07. The molecule has 0 aromatic heterocycles. The molecule has 0 unspecified atom stereocenters. The summed E-state index contributed by atoms with van der Waals surface area (Å²) in [6.45, 7) is -0.237. The Morgan fingerprint density at radius 1 is 1.27 bits per heavy atom. The normalized spacial score (nSPS) is 14.8. The van der Waals surface area contributed by atoms with Crippen molar-refractivity contribution in [3.8, 4) is 0 Å². The lowest BCUT2D eigenvalue weighted by Gasteiger charge is -2.12. The second-order valence-corrected chi connectivity index (χ2v) is 6.93. The molecule has 4 nitrogen and oxygen atoms in total. The minimum atomic E-state index is -0.456. The van der Waals surface area contributed by atoms with Crippen molar-refractivity contribution < 1.29 is 14.3 Å². The molecule has 0 bridgehead atoms. The predicted molar refractivity (Wildman–Crippen MR) is 88.5 cm³/mol. The maximum absolute atomic E-state index is 11.7. The molecule has 0 saturated heterocycles. The Labute approximate surface area is 143 Å². The SMILES string of the molecule is O=C(COC(=O)CSc1cc(Cl)ccc1Cl)NC1CCCC1. The van der Waals surface area contributed by atoms with Gasteiger partial charge in [0.15, 0.2) is 6.61 Å². The zero-order valence-electron chi connectivity index (χ0n) is 11.9. The van der Waals surface area contributed by atoms with Crippen molar-refractivity contribution in [2.24, 2.45) is 0 Å². The van der Waals surface area contributed by atoms with Gasteiger partial charge in [0, 0.05) is 16.0 Å². The van der Waals surface area contributed by atoms with Crippen LogP contribution >= 0.6 is 35.0 Å². The van der Waals surface area contributed by atoms with Crippen LogP contribution in [-0.4, -0.2) is 30.3 Å². The Kier molecular flexibility index (Phi) is 6.86. The molecule has 1 amide bonds. The average Bonchev–Trinajstić information content (AvgIpc) is 2.99. The van der Waals surface area contributed by atoms with E-state index in [4.69, 9.17) is 27.9 Å². The molecule has 1 aliphatic carbocycles. The molecule has 0 aliphatic heterocycles. The van der Waals surface area contributed by atoms with Crippen molar-refractivity contribution >= 4 is 46.8 Å². The summed E-state index contributed by atoms with van der Waals surface area (Å²) in [5.41, 5.74) is 0. The molecule has 0 radical (unpaired) electrons. The summed E-state index contributed by atoms with van der Waals surface area (Å²) >= 11 is 13.1. The Morgan fingerprint density at radius 3 is 2.73 bits per heavy atom. The molecule has 1 fully saturated rings. The lowest BCUT2D eigenvalue weighted by molar-refractivity contribution is -0.146. The molecule has 1 N–H and O–H groups in total. The first-order chi connectivity index (χ1) is 10.5. The first kappa shape index (κ1) is 17.4. The third kappa shape index (κ3) is 5.71. The number of halogens is 2. The molecule has 2 rings (SSSR count). The Balaban J connectivity index is 1.69. The quantitative estimate of drug-likeness (QED) is 0.620. The van der Waals surface area contributed by atoms with Gasteiger partial charge >= 0.3 is 5.97 Å². The molecule has 0 spiro atoms. The van der Waals surface area contributed by atoms with Gasteiger partial charge in [0.1, 0.15) is 0 Å². The summed E-state index contributed by atoms with van der Waals surface area (Å²) in [6, 6.07) is 5.27. The molecule has 0 atom stereocenters. The smallest absolute Gasteiger partial charge is 0.316 e. The second kappa shape index (κ2) is 8.65. The van der Waals surface area contributed by atoms with Crippen LogP contribution < -0.4 is 5.32 Å². The Hall–Kier alpha value is -0.910. The van der Waals surface area contributed by atoms with Gasteiger partial charge in [-0.1, -0.05) is 36.0 Å². The monoisotopic (exact) mass is 361 g/mol. The molecular weight excluding hydrogens is 345 g/mol. The lowest BCUT2D eigenvalue weighted by atomic mass is 10.2. The van der Waals surface area contributed by atoms with Gasteiger partial charge in [-0.15, -0.1) is 11.8 Å². The van der Waals surface area contributed by atoms with Crippen LogP contribution in [0.3, 0.4) is 0 Å². The van der Waals surface area contributed by atoms with Gasteiger partial charge in [-0.3, -0.25) is 9.59 Å². The lowest BCUT2D eigenvalue weighted by Crippen LogP contribution is -2.36. The largest absolute Gasteiger partial charge is 0.455 e. The molecule has 22 heavy (non-hydrogen) atoms. The number of carbonyl (C=O) groups excluding carboxylic acids is 2. The van der Waals surface area contributed by atoms with Crippen LogP contribution in [0.25, 0.3) is 0 Å². The number of hydrogen-bond donors (Lipinski definition) is 1. The van der Waals surface area contributed by atoms with E-state index in [1.54, 1.807) is 18.2 Å². The van der Waals surface area contributed by atoms with Crippen LogP contribution in [0.2, 0.25) is 10.0 Å². The fraction of sp³-hybridized carbons (Fsp3) is 0.467. The maximum Gasteiger partial charge on any atom is 0.316 e. The van der Waals surface area contributed by atoms with Crippen LogP contribution in [0.5, 0.6) is 0 Å². The standard InChI is InChI=1S/C15H17Cl2NO3S/c16-10-5-6-12(17)13(7-10)22-9-15(20)21-8-14(19)18-11-3-1-2-4-11/h5-7,11H,1-4,8-9H2,(H,18,19). The highest BCUT2D eigenvalue weighted by molar-refractivity contribution is 8.00. The van der Waals surface area contributed by atoms with Crippen LogP contribution in [0.4, 0.5) is 0 Å². The van der Waals surface area contributed by atoms with Gasteiger partial charge in [-0.05, 0) is 31.0 Å². The number of nitrogens with one attached hydrogen (secondary N) is 1. The van der Waals surface area contributed by atoms with Crippen LogP contribution in [0.15, 0.2) is 23.1 Å². The highest BCUT2D eigenvalue weighted by atomic mass is 35.5. The molecule has 1 saturated carbocycles. The molecule has 0 heterocycles. The minimum absolute atomic E-state index is 0.0801. The van der Waals surface area contributed by atoms with Crippen molar-refractivity contribution in [1.29, 1.82) is 0 Å². The average molecular weight is 362 g/mol. The zero-order chi connectivity index (χ0) is 15.9. The highest BCUT2D eigenvalue weighted by Gasteiger charge is 2.18. The predicted octanol–water partition coefficient (Wildman–Crippen LogP) is 3.69. The summed E-state index contributed by atoms with van der Waals surface area (Å²) in [4.78, 5) is 24.0. The summed E-state index contributed by atoms with van der Waals surface area (Å²) in [5, 5.41) is 3.94. The molecule has 1 aliphatic rings. The van der Waals surface area contributed by atoms with Crippen LogP contribution in [-0.2, 0) is 14.3 Å². The van der Waals surface area contributed by atoms with E-state index in [2.05, 4.69) is 5.32 Å². The first-order valence-corrected chi connectivity index (χ1v) is 8.81. The summed E-state index contributed by atoms with van der Waals surface area (Å²) in [5.74, 6) is -0.620. The van der Waals surface area contributed by atoms with E-state index >= 15 is 0 Å². The number of thioether (sulfide) groups is 1. The zero-order valence-corrected chi connectivity index (χ0v) is 14.3. The Morgan fingerprint density at radius 2 is 2.00 bits per heavy atom. The van der Waals surface area contributed by atoms with Gasteiger partial charge in [-0.2, -0.15) is 0 Å². The number of rotatable bonds is 6. The number of esters is 1. The number of benzene rings is 1. The highest BCUT2D eigenvalue weighted by Crippen LogP contribution is 2.29. The van der Waals surface area contributed by atoms with Gasteiger partial charge < -0.3 is 10.1 Å². The molecule has 1 aromatic rings. The van der Waals surface area contributed by atoms with Crippen molar-refractivity contribution in [2.75, 3.05) is 12.4 Å². The van der Waals surface area contributed by atoms with E-state index in [1.165, 1.54) is 11.8 Å². The number of ether oxygens (including phenoxy) is 1. The fourth-order valence-electron chi connectivity index (χ4n) is 2.25. The number of amides is 1. The van der Waals surface area contributed by atoms with E-state index in [1.807, 2.05) is 0 Å². The van der Waals surface area contributed by atoms with Gasteiger partial charge in [0.05, 0.1) is 10.8 Å². The topological polar surface area (TPSA) is 55.4 Å². The van der Waals surface area contributed by atoms with Crippen LogP contribution in [0.1, 0.15) is 25.7 Å². The fourth-order valence-corrected chi connectivity index (χ4v) is 3.54. The summed E-state index contributed by atoms with van der Waals surface area (Å²) in [7, 11) is 0. The molecular formula is C15H17Cl2NO3S. The van der Waals surface area contributed by atoms with E-state index in [9.17, 15) is 9.59 Å². The third-order valence-corrected chi connectivity index (χ3v) is 5.03. The van der Waals surface area contributed by atoms with Crippen molar-refractivity contribution in [3.63, 3.8) is 0 Å². The summed E-state index contributed by atoms with van der Waals surface area (Å²) < 4.78 is 4.96. The van der Waals surface area contributed by atoms with Crippen molar-refractivity contribution in [2.45, 2.75) is 36.6 Å². The minimum Gasteiger partial charge on any atom is -0.455 e. The molecule has 7 heteroatoms. The van der Waals surface area contributed by atoms with Gasteiger partial charge in [0.25, 0.3) is 5.91 Å². The van der Waals surface area contributed by atoms with Gasteiger partial charge in [0.2, 0.25) is 0 Å². The van der Waals surface area contributed by atoms with Crippen molar-refractivity contribution in [1.82, 2.24) is 5.32 Å². The van der Waals surface area contributed by atoms with E-state index in [0.29, 0.717) is 14.9 Å². The van der Waals surface area contributed by atoms with Crippen molar-refractivity contribution in [3.05, 3.63) is 28.2 Å². The van der Waals surface area contributed by atoms with Crippen LogP contribution in [0, 0.1) is 0 Å². The van der Waals surface area contributed by atoms with E-state index in [-0.39, 0.29) is 24.3 Å².